The molecule has 1 unspecified atom stereocenters. The van der Waals surface area contributed by atoms with Gasteiger partial charge in [0.1, 0.15) is 0 Å². The van der Waals surface area contributed by atoms with E-state index < -0.39 is 37.3 Å². The van der Waals surface area contributed by atoms with Crippen LogP contribution in [-0.2, 0) is 9.53 Å². The average Bonchev–Trinajstić information content (AvgIpc) is 2.00. The van der Waals surface area contributed by atoms with Crippen LogP contribution >= 0.6 is 0 Å². The van der Waals surface area contributed by atoms with Gasteiger partial charge in [-0.25, -0.2) is 4.39 Å². The molecule has 0 amide bonds. The van der Waals surface area contributed by atoms with Crippen molar-refractivity contribution < 1.29 is 35.9 Å². The highest BCUT2D eigenvalue weighted by Crippen LogP contribution is 2.32. The zero-order valence-corrected chi connectivity index (χ0v) is 7.58. The number of carbonyl (C=O) groups is 1. The lowest BCUT2D eigenvalue weighted by Crippen LogP contribution is -2.38. The van der Waals surface area contributed by atoms with Gasteiger partial charge in [-0.3, -0.25) is 4.79 Å². The zero-order valence-electron chi connectivity index (χ0n) is 7.58. The molecule has 0 radical (unpaired) electrons. The minimum Gasteiger partial charge on any atom is -0.399 e. The van der Waals surface area contributed by atoms with Crippen molar-refractivity contribution in [2.45, 2.75) is 38.2 Å². The summed E-state index contributed by atoms with van der Waals surface area (Å²) in [7, 11) is 0. The molecular formula is C7H8F6O2. The molecule has 0 N–H and O–H groups in total. The van der Waals surface area contributed by atoms with Gasteiger partial charge in [0.05, 0.1) is 6.42 Å². The van der Waals surface area contributed by atoms with E-state index in [1.165, 1.54) is 0 Å². The summed E-state index contributed by atoms with van der Waals surface area (Å²) in [5, 5.41) is 0. The topological polar surface area (TPSA) is 26.3 Å². The molecule has 0 aliphatic rings. The van der Waals surface area contributed by atoms with Gasteiger partial charge >= 0.3 is 18.3 Å². The van der Waals surface area contributed by atoms with E-state index in [2.05, 4.69) is 4.74 Å². The van der Waals surface area contributed by atoms with E-state index in [-0.39, 0.29) is 0 Å². The van der Waals surface area contributed by atoms with E-state index in [1.807, 2.05) is 0 Å². The van der Waals surface area contributed by atoms with Gasteiger partial charge in [-0.05, 0) is 0 Å². The number of carbonyl (C=O) groups excluding carboxylic acids is 1. The quantitative estimate of drug-likeness (QED) is 0.556. The molecule has 0 bridgehead atoms. The number of alkyl halides is 6. The minimum atomic E-state index is -5.08. The van der Waals surface area contributed by atoms with Gasteiger partial charge in [0.15, 0.2) is 0 Å². The van der Waals surface area contributed by atoms with Crippen LogP contribution in [0.25, 0.3) is 0 Å². The van der Waals surface area contributed by atoms with Gasteiger partial charge in [0.2, 0.25) is 6.17 Å². The lowest BCUT2D eigenvalue weighted by molar-refractivity contribution is -0.277. The summed E-state index contributed by atoms with van der Waals surface area (Å²) in [5.74, 6) is -1.47. The second-order valence-corrected chi connectivity index (χ2v) is 2.68. The molecular weight excluding hydrogens is 230 g/mol. The van der Waals surface area contributed by atoms with Crippen molar-refractivity contribution in [2.75, 3.05) is 0 Å². The van der Waals surface area contributed by atoms with Crippen LogP contribution < -0.4 is 0 Å². The maximum absolute atomic E-state index is 12.5. The van der Waals surface area contributed by atoms with Crippen LogP contribution in [0.2, 0.25) is 0 Å². The van der Waals surface area contributed by atoms with Crippen LogP contribution in [0.3, 0.4) is 0 Å². The maximum atomic E-state index is 12.5. The first kappa shape index (κ1) is 14.0. The lowest BCUT2D eigenvalue weighted by atomic mass is 10.2. The Labute approximate surface area is 81.2 Å². The largest absolute Gasteiger partial charge is 0.432 e. The maximum Gasteiger partial charge on any atom is 0.432 e. The van der Waals surface area contributed by atoms with E-state index in [4.69, 9.17) is 0 Å². The van der Waals surface area contributed by atoms with Gasteiger partial charge in [-0.2, -0.15) is 22.0 Å². The predicted molar refractivity (Wildman–Crippen MR) is 36.9 cm³/mol. The summed E-state index contributed by atoms with van der Waals surface area (Å²) in [6.07, 6.45) is -16.3. The number of esters is 1. The molecule has 0 aromatic carbocycles. The Hall–Kier alpha value is -0.950. The summed E-state index contributed by atoms with van der Waals surface area (Å²) in [6.45, 7) is 1.15. The number of hydrogen-bond acceptors (Lipinski definition) is 2. The van der Waals surface area contributed by atoms with Crippen LogP contribution in [0, 0.1) is 0 Å². The molecule has 0 saturated carbocycles. The van der Waals surface area contributed by atoms with Crippen LogP contribution in [0.4, 0.5) is 26.3 Å². The fourth-order valence-electron chi connectivity index (χ4n) is 0.610. The van der Waals surface area contributed by atoms with Crippen molar-refractivity contribution in [2.24, 2.45) is 0 Å². The molecule has 90 valence electrons. The van der Waals surface area contributed by atoms with Crippen molar-refractivity contribution in [3.63, 3.8) is 0 Å². The SMILES string of the molecule is CCC(=O)OC(F)(F)C(F)CC(F)(F)F. The molecule has 15 heavy (non-hydrogen) atoms. The van der Waals surface area contributed by atoms with Crippen molar-refractivity contribution in [1.29, 1.82) is 0 Å². The highest BCUT2D eigenvalue weighted by atomic mass is 19.4. The highest BCUT2D eigenvalue weighted by Gasteiger charge is 2.49. The van der Waals surface area contributed by atoms with E-state index in [1.54, 1.807) is 0 Å². The van der Waals surface area contributed by atoms with Gasteiger partial charge in [-0.15, -0.1) is 0 Å². The number of ether oxygens (including phenoxy) is 1. The molecule has 8 heteroatoms. The second kappa shape index (κ2) is 4.71. The minimum absolute atomic E-state index is 0.478. The molecule has 0 aromatic heterocycles. The Morgan fingerprint density at radius 3 is 2.07 bits per heavy atom. The fourth-order valence-corrected chi connectivity index (χ4v) is 0.610. The molecule has 0 aliphatic heterocycles. The van der Waals surface area contributed by atoms with Gasteiger partial charge in [0, 0.05) is 6.42 Å². The lowest BCUT2D eigenvalue weighted by Gasteiger charge is -2.20. The summed E-state index contributed by atoms with van der Waals surface area (Å²) in [4.78, 5) is 10.3. The third-order valence-corrected chi connectivity index (χ3v) is 1.31. The third kappa shape index (κ3) is 5.48. The summed E-state index contributed by atoms with van der Waals surface area (Å²) < 4.78 is 75.2. The molecule has 2 nitrogen and oxygen atoms in total. The number of hydrogen-bond donors (Lipinski definition) is 0. The number of rotatable bonds is 4. The Bertz CT molecular complexity index is 224. The Morgan fingerprint density at radius 1 is 1.27 bits per heavy atom. The predicted octanol–water partition coefficient (Wildman–Crippen LogP) is 2.82. The molecule has 1 atom stereocenters. The third-order valence-electron chi connectivity index (χ3n) is 1.31. The average molecular weight is 238 g/mol. The van der Waals surface area contributed by atoms with Gasteiger partial charge in [0.25, 0.3) is 0 Å². The molecule has 0 fully saturated rings. The van der Waals surface area contributed by atoms with E-state index in [9.17, 15) is 31.1 Å². The Morgan fingerprint density at radius 2 is 1.73 bits per heavy atom. The van der Waals surface area contributed by atoms with Gasteiger partial charge in [-0.1, -0.05) is 6.92 Å². The van der Waals surface area contributed by atoms with Crippen molar-refractivity contribution >= 4 is 5.97 Å². The van der Waals surface area contributed by atoms with Crippen molar-refractivity contribution in [3.8, 4) is 0 Å². The van der Waals surface area contributed by atoms with E-state index >= 15 is 0 Å². The summed E-state index contributed by atoms with van der Waals surface area (Å²) in [6, 6.07) is 0. The molecule has 0 spiro atoms. The second-order valence-electron chi connectivity index (χ2n) is 2.68. The van der Waals surface area contributed by atoms with Crippen molar-refractivity contribution in [1.82, 2.24) is 0 Å². The van der Waals surface area contributed by atoms with Crippen LogP contribution in [0.15, 0.2) is 0 Å². The van der Waals surface area contributed by atoms with E-state index in [0.29, 0.717) is 0 Å². The first-order valence-corrected chi connectivity index (χ1v) is 3.89. The van der Waals surface area contributed by atoms with Gasteiger partial charge < -0.3 is 4.74 Å². The zero-order chi connectivity index (χ0) is 12.3. The number of halogens is 6. The van der Waals surface area contributed by atoms with Crippen molar-refractivity contribution in [3.05, 3.63) is 0 Å². The fraction of sp³-hybridized carbons (Fsp3) is 0.857. The molecule has 0 aromatic rings. The first-order valence-electron chi connectivity index (χ1n) is 3.89. The Balaban J connectivity index is 4.38. The molecule has 0 aliphatic carbocycles. The van der Waals surface area contributed by atoms with Crippen LogP contribution in [0.1, 0.15) is 19.8 Å². The summed E-state index contributed by atoms with van der Waals surface area (Å²) in [5.41, 5.74) is 0. The normalized spacial score (nSPS) is 14.9. The summed E-state index contributed by atoms with van der Waals surface area (Å²) >= 11 is 0. The monoisotopic (exact) mass is 238 g/mol. The van der Waals surface area contributed by atoms with Crippen LogP contribution in [-0.4, -0.2) is 24.4 Å². The molecule has 0 rings (SSSR count). The first-order chi connectivity index (χ1) is 6.58. The molecule has 0 heterocycles. The highest BCUT2D eigenvalue weighted by molar-refractivity contribution is 5.69. The van der Waals surface area contributed by atoms with E-state index in [0.717, 1.165) is 6.92 Å². The Kier molecular flexibility index (Phi) is 4.42. The smallest absolute Gasteiger partial charge is 0.399 e. The van der Waals surface area contributed by atoms with Crippen LogP contribution in [0.5, 0.6) is 0 Å². The standard InChI is InChI=1S/C7H8F6O2/c1-2-5(14)15-7(12,13)4(8)3-6(9,10)11/h4H,2-3H2,1H3. The molecule has 0 saturated heterocycles.